The first-order chi connectivity index (χ1) is 15.8. The molecule has 0 atom stereocenters. The third-order valence-corrected chi connectivity index (χ3v) is 6.11. The number of aryl methyl sites for hydroxylation is 1. The topological polar surface area (TPSA) is 17.8 Å². The molecule has 0 saturated heterocycles. The van der Waals surface area contributed by atoms with Crippen molar-refractivity contribution >= 4 is 21.8 Å². The molecule has 4 aromatic carbocycles. The largest absolute Gasteiger partial charge is 0.309 e. The Morgan fingerprint density at radius 1 is 0.562 bits per heavy atom. The average molecular weight is 411 g/mol. The standard InChI is InChI=1S/C30H22N2/c1-21-13-18-28(31-20-21)24-8-6-7-23(19-24)22-14-16-25(17-15-22)32-29-11-4-2-9-26(29)27-10-3-5-12-30(27)32/h2-20H,1H3. The van der Waals surface area contributed by atoms with Gasteiger partial charge in [-0.3, -0.25) is 4.98 Å². The van der Waals surface area contributed by atoms with Gasteiger partial charge in [0.2, 0.25) is 0 Å². The van der Waals surface area contributed by atoms with Crippen molar-refractivity contribution in [2.24, 2.45) is 0 Å². The molecular weight excluding hydrogens is 388 g/mol. The van der Waals surface area contributed by atoms with Gasteiger partial charge in [-0.1, -0.05) is 72.8 Å². The van der Waals surface area contributed by atoms with Gasteiger partial charge in [-0.25, -0.2) is 0 Å². The average Bonchev–Trinajstić information content (AvgIpc) is 3.19. The maximum atomic E-state index is 4.59. The minimum absolute atomic E-state index is 0.999. The predicted octanol–water partition coefficient (Wildman–Crippen LogP) is 7.82. The second kappa shape index (κ2) is 7.51. The van der Waals surface area contributed by atoms with Gasteiger partial charge in [0, 0.05) is 28.2 Å². The van der Waals surface area contributed by atoms with Gasteiger partial charge in [-0.15, -0.1) is 0 Å². The van der Waals surface area contributed by atoms with E-state index in [-0.39, 0.29) is 0 Å². The predicted molar refractivity (Wildman–Crippen MR) is 134 cm³/mol. The summed E-state index contributed by atoms with van der Waals surface area (Å²) in [6.07, 6.45) is 1.92. The zero-order chi connectivity index (χ0) is 21.5. The zero-order valence-electron chi connectivity index (χ0n) is 17.9. The second-order valence-electron chi connectivity index (χ2n) is 8.22. The molecule has 0 amide bonds. The summed E-state index contributed by atoms with van der Waals surface area (Å²) in [6, 6.07) is 38.9. The molecule has 0 aliphatic rings. The number of nitrogens with zero attached hydrogens (tertiary/aromatic N) is 2. The van der Waals surface area contributed by atoms with Crippen molar-refractivity contribution in [3.05, 3.63) is 121 Å². The van der Waals surface area contributed by atoms with Gasteiger partial charge in [0.05, 0.1) is 16.7 Å². The molecule has 2 heterocycles. The minimum atomic E-state index is 0.999. The highest BCUT2D eigenvalue weighted by atomic mass is 15.0. The summed E-state index contributed by atoms with van der Waals surface area (Å²) in [5.74, 6) is 0. The van der Waals surface area contributed by atoms with E-state index in [2.05, 4.69) is 126 Å². The summed E-state index contributed by atoms with van der Waals surface area (Å²) in [6.45, 7) is 2.06. The fourth-order valence-corrected chi connectivity index (χ4v) is 4.50. The Balaban J connectivity index is 1.43. The summed E-state index contributed by atoms with van der Waals surface area (Å²) in [5, 5.41) is 2.57. The quantitative estimate of drug-likeness (QED) is 0.291. The molecule has 6 aromatic rings. The maximum Gasteiger partial charge on any atom is 0.0702 e. The van der Waals surface area contributed by atoms with Gasteiger partial charge >= 0.3 is 0 Å². The lowest BCUT2D eigenvalue weighted by atomic mass is 10.0. The normalized spacial score (nSPS) is 11.3. The van der Waals surface area contributed by atoms with Crippen LogP contribution in [0.2, 0.25) is 0 Å². The van der Waals surface area contributed by atoms with Crippen molar-refractivity contribution in [2.75, 3.05) is 0 Å². The molecule has 0 spiro atoms. The number of aromatic nitrogens is 2. The molecule has 0 saturated carbocycles. The van der Waals surface area contributed by atoms with Crippen LogP contribution in [0.5, 0.6) is 0 Å². The summed E-state index contributed by atoms with van der Waals surface area (Å²) < 4.78 is 2.35. The Hall–Kier alpha value is -4.17. The molecule has 0 bridgehead atoms. The van der Waals surface area contributed by atoms with E-state index in [9.17, 15) is 0 Å². The van der Waals surface area contributed by atoms with Crippen LogP contribution in [-0.2, 0) is 0 Å². The number of hydrogen-bond acceptors (Lipinski definition) is 1. The van der Waals surface area contributed by atoms with Crippen molar-refractivity contribution in [1.82, 2.24) is 9.55 Å². The number of fused-ring (bicyclic) bond motifs is 3. The van der Waals surface area contributed by atoms with Crippen molar-refractivity contribution in [3.8, 4) is 28.1 Å². The molecule has 0 aliphatic carbocycles. The lowest BCUT2D eigenvalue weighted by Gasteiger charge is -2.10. The molecule has 0 aliphatic heterocycles. The number of para-hydroxylation sites is 2. The molecule has 2 heteroatoms. The number of pyridine rings is 1. The van der Waals surface area contributed by atoms with Gasteiger partial charge < -0.3 is 4.57 Å². The first kappa shape index (κ1) is 18.6. The van der Waals surface area contributed by atoms with Gasteiger partial charge in [0.25, 0.3) is 0 Å². The van der Waals surface area contributed by atoms with E-state index in [4.69, 9.17) is 0 Å². The van der Waals surface area contributed by atoms with E-state index in [0.29, 0.717) is 0 Å². The Morgan fingerprint density at radius 2 is 1.22 bits per heavy atom. The SMILES string of the molecule is Cc1ccc(-c2cccc(-c3ccc(-n4c5ccccc5c5ccccc54)cc3)c2)nc1. The molecule has 0 unspecified atom stereocenters. The molecule has 2 nitrogen and oxygen atoms in total. The van der Waals surface area contributed by atoms with Gasteiger partial charge in [-0.05, 0) is 60.0 Å². The summed E-state index contributed by atoms with van der Waals surface area (Å²) in [4.78, 5) is 4.59. The smallest absolute Gasteiger partial charge is 0.0702 e. The molecule has 152 valence electrons. The number of hydrogen-bond donors (Lipinski definition) is 0. The Kier molecular flexibility index (Phi) is 4.36. The third kappa shape index (κ3) is 3.09. The van der Waals surface area contributed by atoms with Crippen LogP contribution >= 0.6 is 0 Å². The number of rotatable bonds is 3. The van der Waals surface area contributed by atoms with Crippen LogP contribution in [0.1, 0.15) is 5.56 Å². The Bertz CT molecular complexity index is 1500. The molecule has 6 rings (SSSR count). The first-order valence-corrected chi connectivity index (χ1v) is 10.9. The first-order valence-electron chi connectivity index (χ1n) is 10.9. The van der Waals surface area contributed by atoms with E-state index in [0.717, 1.165) is 11.3 Å². The summed E-state index contributed by atoms with van der Waals surface area (Å²) in [7, 11) is 0. The van der Waals surface area contributed by atoms with E-state index < -0.39 is 0 Å². The number of benzene rings is 4. The summed E-state index contributed by atoms with van der Waals surface area (Å²) >= 11 is 0. The fourth-order valence-electron chi connectivity index (χ4n) is 4.50. The minimum Gasteiger partial charge on any atom is -0.309 e. The zero-order valence-corrected chi connectivity index (χ0v) is 17.9. The van der Waals surface area contributed by atoms with Crippen molar-refractivity contribution in [3.63, 3.8) is 0 Å². The lowest BCUT2D eigenvalue weighted by Crippen LogP contribution is -1.93. The molecule has 0 N–H and O–H groups in total. The Morgan fingerprint density at radius 3 is 1.88 bits per heavy atom. The second-order valence-corrected chi connectivity index (χ2v) is 8.22. The lowest BCUT2D eigenvalue weighted by molar-refractivity contribution is 1.18. The van der Waals surface area contributed by atoms with Gasteiger partial charge in [-0.2, -0.15) is 0 Å². The monoisotopic (exact) mass is 410 g/mol. The maximum absolute atomic E-state index is 4.59. The Labute approximate surface area is 187 Å². The molecule has 0 fully saturated rings. The van der Waals surface area contributed by atoms with Gasteiger partial charge in [0.15, 0.2) is 0 Å². The van der Waals surface area contributed by atoms with Crippen LogP contribution in [0, 0.1) is 6.92 Å². The molecule has 32 heavy (non-hydrogen) atoms. The van der Waals surface area contributed by atoms with Crippen LogP contribution in [-0.4, -0.2) is 9.55 Å². The van der Waals surface area contributed by atoms with Crippen LogP contribution in [0.3, 0.4) is 0 Å². The van der Waals surface area contributed by atoms with E-state index >= 15 is 0 Å². The van der Waals surface area contributed by atoms with E-state index in [1.165, 1.54) is 44.2 Å². The highest BCUT2D eigenvalue weighted by molar-refractivity contribution is 6.09. The van der Waals surface area contributed by atoms with Crippen molar-refractivity contribution in [2.45, 2.75) is 6.92 Å². The summed E-state index contributed by atoms with van der Waals surface area (Å²) in [5.41, 5.74) is 9.33. The molecule has 2 aromatic heterocycles. The van der Waals surface area contributed by atoms with Crippen LogP contribution in [0.25, 0.3) is 49.9 Å². The highest BCUT2D eigenvalue weighted by Gasteiger charge is 2.11. The van der Waals surface area contributed by atoms with Crippen LogP contribution < -0.4 is 0 Å². The van der Waals surface area contributed by atoms with E-state index in [1.54, 1.807) is 0 Å². The van der Waals surface area contributed by atoms with Crippen molar-refractivity contribution in [1.29, 1.82) is 0 Å². The molecule has 0 radical (unpaired) electrons. The van der Waals surface area contributed by atoms with Crippen LogP contribution in [0.15, 0.2) is 115 Å². The third-order valence-electron chi connectivity index (χ3n) is 6.11. The van der Waals surface area contributed by atoms with Crippen molar-refractivity contribution < 1.29 is 0 Å². The van der Waals surface area contributed by atoms with E-state index in [1.807, 2.05) is 6.20 Å². The highest BCUT2D eigenvalue weighted by Crippen LogP contribution is 2.33. The van der Waals surface area contributed by atoms with Crippen LogP contribution in [0.4, 0.5) is 0 Å². The fraction of sp³-hybridized carbons (Fsp3) is 0.0333. The van der Waals surface area contributed by atoms with Gasteiger partial charge in [0.1, 0.15) is 0 Å². The molecular formula is C30H22N2.